The minimum Gasteiger partial charge on any atom is -0.461 e. The molecule has 0 radical (unpaired) electrons. The molecule has 0 saturated heterocycles. The van der Waals surface area contributed by atoms with Gasteiger partial charge >= 0.3 is 12.1 Å². The van der Waals surface area contributed by atoms with Crippen molar-refractivity contribution in [3.05, 3.63) is 65.7 Å². The zero-order chi connectivity index (χ0) is 26.7. The van der Waals surface area contributed by atoms with E-state index in [4.69, 9.17) is 9.47 Å². The fourth-order valence-electron chi connectivity index (χ4n) is 5.31. The molecule has 6 nitrogen and oxygen atoms in total. The van der Waals surface area contributed by atoms with Crippen LogP contribution in [0, 0.1) is 11.3 Å². The molecule has 0 unspecified atom stereocenters. The summed E-state index contributed by atoms with van der Waals surface area (Å²) in [5.74, 6) is 1.20. The van der Waals surface area contributed by atoms with Crippen LogP contribution in [0.15, 0.2) is 54.6 Å². The van der Waals surface area contributed by atoms with Gasteiger partial charge in [-0.1, -0.05) is 75.6 Å². The summed E-state index contributed by atoms with van der Waals surface area (Å²) in [6.07, 6.45) is 5.91. The highest BCUT2D eigenvalue weighted by Crippen LogP contribution is 2.39. The summed E-state index contributed by atoms with van der Waals surface area (Å²) in [7, 11) is 4.17. The van der Waals surface area contributed by atoms with Crippen LogP contribution in [0.2, 0.25) is 0 Å². The second-order valence-electron chi connectivity index (χ2n) is 11.1. The maximum absolute atomic E-state index is 12.8. The SMILES string of the molecule is CC(C)[C@H](CCN(C)C)c1cccc(OC(=O)NCC2(CC(=O)OCc3ccccc3)CCCCC2)c1. The summed E-state index contributed by atoms with van der Waals surface area (Å²) in [5.41, 5.74) is 1.87. The number of nitrogens with zero attached hydrogens (tertiary/aromatic N) is 1. The largest absolute Gasteiger partial charge is 0.461 e. The number of carbonyl (C=O) groups is 2. The van der Waals surface area contributed by atoms with Gasteiger partial charge in [0.25, 0.3) is 0 Å². The predicted molar refractivity (Wildman–Crippen MR) is 148 cm³/mol. The van der Waals surface area contributed by atoms with Gasteiger partial charge in [-0.2, -0.15) is 0 Å². The lowest BCUT2D eigenvalue weighted by atomic mass is 9.71. The van der Waals surface area contributed by atoms with E-state index in [0.717, 1.165) is 50.6 Å². The molecule has 37 heavy (non-hydrogen) atoms. The number of hydrogen-bond acceptors (Lipinski definition) is 5. The van der Waals surface area contributed by atoms with Crippen LogP contribution in [0.3, 0.4) is 0 Å². The molecule has 202 valence electrons. The number of benzene rings is 2. The number of carbonyl (C=O) groups excluding carboxylic acids is 2. The summed E-state index contributed by atoms with van der Waals surface area (Å²) in [5, 5.41) is 2.96. The Kier molecular flexibility index (Phi) is 11.0. The monoisotopic (exact) mass is 508 g/mol. The van der Waals surface area contributed by atoms with Crippen molar-refractivity contribution in [2.45, 2.75) is 71.3 Å². The minimum absolute atomic E-state index is 0.217. The molecule has 0 bridgehead atoms. The maximum Gasteiger partial charge on any atom is 0.412 e. The molecule has 3 rings (SSSR count). The Morgan fingerprint density at radius 1 is 1.00 bits per heavy atom. The van der Waals surface area contributed by atoms with E-state index in [1.165, 1.54) is 5.56 Å². The summed E-state index contributed by atoms with van der Waals surface area (Å²) in [4.78, 5) is 27.7. The zero-order valence-corrected chi connectivity index (χ0v) is 23.0. The summed E-state index contributed by atoms with van der Waals surface area (Å²) >= 11 is 0. The number of esters is 1. The first kappa shape index (κ1) is 28.7. The van der Waals surface area contributed by atoms with Crippen LogP contribution in [0.1, 0.15) is 75.8 Å². The van der Waals surface area contributed by atoms with E-state index in [1.807, 2.05) is 48.5 Å². The van der Waals surface area contributed by atoms with Crippen molar-refractivity contribution in [2.24, 2.45) is 11.3 Å². The third-order valence-corrected chi connectivity index (χ3v) is 7.47. The molecule has 1 fully saturated rings. The van der Waals surface area contributed by atoms with E-state index in [-0.39, 0.29) is 18.0 Å². The molecule has 1 N–H and O–H groups in total. The van der Waals surface area contributed by atoms with Crippen LogP contribution in [0.25, 0.3) is 0 Å². The van der Waals surface area contributed by atoms with Crippen molar-refractivity contribution in [3.63, 3.8) is 0 Å². The summed E-state index contributed by atoms with van der Waals surface area (Å²) < 4.78 is 11.2. The number of amides is 1. The molecule has 0 aliphatic heterocycles. The highest BCUT2D eigenvalue weighted by atomic mass is 16.6. The fourth-order valence-corrected chi connectivity index (χ4v) is 5.31. The summed E-state index contributed by atoms with van der Waals surface area (Å²) in [6, 6.07) is 17.6. The first-order valence-electron chi connectivity index (χ1n) is 13.7. The average Bonchev–Trinajstić information content (AvgIpc) is 2.87. The second-order valence-corrected chi connectivity index (χ2v) is 11.1. The molecular formula is C31H44N2O4. The third kappa shape index (κ3) is 9.51. The molecule has 0 spiro atoms. The van der Waals surface area contributed by atoms with E-state index < -0.39 is 6.09 Å². The lowest BCUT2D eigenvalue weighted by molar-refractivity contribution is -0.148. The Balaban J connectivity index is 1.56. The number of ether oxygens (including phenoxy) is 2. The van der Waals surface area contributed by atoms with E-state index in [0.29, 0.717) is 30.6 Å². The predicted octanol–water partition coefficient (Wildman–Crippen LogP) is 6.55. The van der Waals surface area contributed by atoms with Gasteiger partial charge in [-0.25, -0.2) is 4.79 Å². The van der Waals surface area contributed by atoms with Gasteiger partial charge in [-0.15, -0.1) is 0 Å². The lowest BCUT2D eigenvalue weighted by Crippen LogP contribution is -2.41. The second kappa shape index (κ2) is 14.2. The normalized spacial score (nSPS) is 15.8. The average molecular weight is 509 g/mol. The quantitative estimate of drug-likeness (QED) is 0.329. The van der Waals surface area contributed by atoms with Crippen LogP contribution in [0.5, 0.6) is 5.75 Å². The van der Waals surface area contributed by atoms with Crippen molar-refractivity contribution in [3.8, 4) is 5.75 Å². The molecule has 6 heteroatoms. The number of rotatable bonds is 12. The Morgan fingerprint density at radius 2 is 1.73 bits per heavy atom. The molecule has 0 aromatic heterocycles. The van der Waals surface area contributed by atoms with Gasteiger partial charge in [0.15, 0.2) is 0 Å². The van der Waals surface area contributed by atoms with Crippen molar-refractivity contribution >= 4 is 12.1 Å². The Hall–Kier alpha value is -2.86. The lowest BCUT2D eigenvalue weighted by Gasteiger charge is -2.36. The van der Waals surface area contributed by atoms with E-state index in [1.54, 1.807) is 0 Å². The molecule has 2 aromatic rings. The van der Waals surface area contributed by atoms with E-state index >= 15 is 0 Å². The van der Waals surface area contributed by atoms with Crippen LogP contribution < -0.4 is 10.1 Å². The summed E-state index contributed by atoms with van der Waals surface area (Å²) in [6.45, 7) is 6.14. The van der Waals surface area contributed by atoms with Crippen LogP contribution in [-0.4, -0.2) is 44.1 Å². The van der Waals surface area contributed by atoms with Gasteiger partial charge < -0.3 is 19.7 Å². The third-order valence-electron chi connectivity index (χ3n) is 7.47. The standard InChI is InChI=1S/C31H44N2O4/c1-24(2)28(16-19-33(3)4)26-14-11-15-27(20-26)37-30(35)32-23-31(17-9-6-10-18-31)21-29(34)36-22-25-12-7-5-8-13-25/h5,7-8,11-15,20,24,28H,6,9-10,16-19,21-23H2,1-4H3,(H,32,35)/t28-/m0/s1. The van der Waals surface area contributed by atoms with Crippen LogP contribution in [0.4, 0.5) is 4.79 Å². The highest BCUT2D eigenvalue weighted by Gasteiger charge is 2.35. The molecule has 2 aromatic carbocycles. The van der Waals surface area contributed by atoms with Crippen molar-refractivity contribution in [1.82, 2.24) is 10.2 Å². The first-order chi connectivity index (χ1) is 17.8. The molecule has 1 amide bonds. The van der Waals surface area contributed by atoms with Crippen molar-refractivity contribution < 1.29 is 19.1 Å². The van der Waals surface area contributed by atoms with Crippen LogP contribution in [-0.2, 0) is 16.1 Å². The van der Waals surface area contributed by atoms with Gasteiger partial charge in [0.1, 0.15) is 12.4 Å². The topological polar surface area (TPSA) is 67.9 Å². The minimum atomic E-state index is -0.478. The molecule has 1 aliphatic carbocycles. The van der Waals surface area contributed by atoms with Gasteiger partial charge in [-0.3, -0.25) is 4.79 Å². The van der Waals surface area contributed by atoms with E-state index in [9.17, 15) is 9.59 Å². The number of nitrogens with one attached hydrogen (secondary N) is 1. The van der Waals surface area contributed by atoms with E-state index in [2.05, 4.69) is 44.2 Å². The van der Waals surface area contributed by atoms with Gasteiger partial charge in [0.05, 0.1) is 6.42 Å². The Morgan fingerprint density at radius 3 is 2.41 bits per heavy atom. The molecular weight excluding hydrogens is 464 g/mol. The van der Waals surface area contributed by atoms with Crippen molar-refractivity contribution in [1.29, 1.82) is 0 Å². The van der Waals surface area contributed by atoms with Gasteiger partial charge in [0.2, 0.25) is 0 Å². The number of hydrogen-bond donors (Lipinski definition) is 1. The Labute approximate surface area is 222 Å². The maximum atomic E-state index is 12.8. The first-order valence-corrected chi connectivity index (χ1v) is 13.7. The Bertz CT molecular complexity index is 984. The van der Waals surface area contributed by atoms with Gasteiger partial charge in [-0.05, 0) is 80.4 Å². The highest BCUT2D eigenvalue weighted by molar-refractivity contribution is 5.72. The molecule has 1 saturated carbocycles. The smallest absolute Gasteiger partial charge is 0.412 e. The molecule has 1 aliphatic rings. The van der Waals surface area contributed by atoms with Crippen molar-refractivity contribution in [2.75, 3.05) is 27.2 Å². The fraction of sp³-hybridized carbons (Fsp3) is 0.548. The zero-order valence-electron chi connectivity index (χ0n) is 23.0. The van der Waals surface area contributed by atoms with Gasteiger partial charge in [0, 0.05) is 6.54 Å². The van der Waals surface area contributed by atoms with Crippen LogP contribution >= 0.6 is 0 Å². The molecule has 1 atom stereocenters. The molecule has 0 heterocycles.